The molecule has 1 aliphatic heterocycles. The Morgan fingerprint density at radius 2 is 1.95 bits per heavy atom. The van der Waals surface area contributed by atoms with E-state index in [4.69, 9.17) is 15.5 Å². The van der Waals surface area contributed by atoms with Crippen LogP contribution in [-0.4, -0.2) is 71.1 Å². The number of aromatic nitrogens is 6. The Kier molecular flexibility index (Phi) is 6.03. The molecule has 0 spiro atoms. The van der Waals surface area contributed by atoms with Crippen LogP contribution in [0.4, 0.5) is 5.82 Å². The molecule has 11 heteroatoms. The number of aliphatic hydroxyl groups is 2. The number of nitrogens with zero attached hydrogens (tertiary/aromatic N) is 5. The second-order valence-electron chi connectivity index (χ2n) is 11.3. The third-order valence-electron chi connectivity index (χ3n) is 8.50. The Bertz CT molecular complexity index is 1440. The molecule has 0 bridgehead atoms. The minimum Gasteiger partial charge on any atom is -0.387 e. The number of aromatic amines is 1. The Balaban J connectivity index is 0.861. The van der Waals surface area contributed by atoms with Crippen molar-refractivity contribution in [2.45, 2.75) is 69.0 Å². The van der Waals surface area contributed by atoms with Gasteiger partial charge in [-0.05, 0) is 74.1 Å². The highest BCUT2D eigenvalue weighted by Gasteiger charge is 2.44. The molecule has 4 heterocycles. The van der Waals surface area contributed by atoms with Crippen LogP contribution in [0.2, 0.25) is 0 Å². The maximum atomic E-state index is 10.6. The molecule has 1 aromatic carbocycles. The van der Waals surface area contributed by atoms with Gasteiger partial charge in [0.1, 0.15) is 36.0 Å². The topological polar surface area (TPSA) is 160 Å². The zero-order chi connectivity index (χ0) is 25.8. The van der Waals surface area contributed by atoms with E-state index in [1.807, 2.05) is 0 Å². The van der Waals surface area contributed by atoms with Crippen LogP contribution in [0, 0.1) is 11.8 Å². The van der Waals surface area contributed by atoms with E-state index in [1.54, 1.807) is 4.57 Å². The minimum atomic E-state index is -1.10. The van der Waals surface area contributed by atoms with E-state index in [1.165, 1.54) is 49.4 Å². The zero-order valence-electron chi connectivity index (χ0n) is 21.2. The molecule has 3 aliphatic rings. The molecule has 0 unspecified atom stereocenters. The summed E-state index contributed by atoms with van der Waals surface area (Å²) in [6.07, 6.45) is 6.59. The molecule has 7 rings (SSSR count). The van der Waals surface area contributed by atoms with Crippen molar-refractivity contribution < 1.29 is 14.9 Å². The molecular formula is C27H34N8O3. The van der Waals surface area contributed by atoms with Crippen LogP contribution in [0.25, 0.3) is 22.2 Å². The summed E-state index contributed by atoms with van der Waals surface area (Å²) in [6, 6.07) is 6.67. The summed E-state index contributed by atoms with van der Waals surface area (Å²) < 4.78 is 7.62. The van der Waals surface area contributed by atoms with E-state index in [0.717, 1.165) is 42.6 Å². The average Bonchev–Trinajstić information content (AvgIpc) is 3.43. The first kappa shape index (κ1) is 24.0. The molecule has 6 N–H and O–H groups in total. The van der Waals surface area contributed by atoms with Crippen molar-refractivity contribution in [3.05, 3.63) is 42.2 Å². The number of anilines is 1. The van der Waals surface area contributed by atoms with Crippen molar-refractivity contribution in [2.24, 2.45) is 11.8 Å². The van der Waals surface area contributed by atoms with E-state index in [9.17, 15) is 10.2 Å². The van der Waals surface area contributed by atoms with Gasteiger partial charge in [0.15, 0.2) is 17.7 Å². The molecule has 11 nitrogen and oxygen atoms in total. The second kappa shape index (κ2) is 9.57. The molecule has 4 aromatic rings. The second-order valence-corrected chi connectivity index (χ2v) is 11.3. The van der Waals surface area contributed by atoms with Crippen LogP contribution in [0.3, 0.4) is 0 Å². The lowest BCUT2D eigenvalue weighted by Gasteiger charge is -2.35. The maximum Gasteiger partial charge on any atom is 0.167 e. The molecule has 0 amide bonds. The number of nitrogens with two attached hydrogens (primary N) is 1. The normalized spacial score (nSPS) is 29.3. The van der Waals surface area contributed by atoms with Gasteiger partial charge in [-0.25, -0.2) is 19.9 Å². The number of hydrogen-bond donors (Lipinski definition) is 5. The third-order valence-corrected chi connectivity index (χ3v) is 8.50. The van der Waals surface area contributed by atoms with Gasteiger partial charge in [-0.15, -0.1) is 0 Å². The standard InChI is InChI=1S/C27H34N8O3/c28-25-22-26(31-12-30-25)35(13-32-22)27-24(37)23(36)20(38-27)11-29-10-15-7-14(8-15)1-6-21-33-18-5-4-17(16-2-3-16)9-19(18)34-21/h4-5,9,12-16,20,23-24,27,29,36-37H,1-3,6-8,10-11H2,(H,33,34)(H2,28,30,31)/t14?,15?,20-,23-,24-,27-/m1/s1. The number of nitrogens with one attached hydrogen (secondary N) is 2. The summed E-state index contributed by atoms with van der Waals surface area (Å²) in [7, 11) is 0. The highest BCUT2D eigenvalue weighted by molar-refractivity contribution is 5.81. The number of aliphatic hydroxyl groups excluding tert-OH is 2. The highest BCUT2D eigenvalue weighted by Crippen LogP contribution is 2.41. The van der Waals surface area contributed by atoms with Crippen LogP contribution in [0.1, 0.15) is 55.6 Å². The fourth-order valence-electron chi connectivity index (χ4n) is 6.10. The number of hydrogen-bond acceptors (Lipinski definition) is 9. The van der Waals surface area contributed by atoms with Crippen molar-refractivity contribution in [1.82, 2.24) is 34.8 Å². The Labute approximate surface area is 219 Å². The van der Waals surface area contributed by atoms with Gasteiger partial charge in [-0.3, -0.25) is 4.57 Å². The van der Waals surface area contributed by atoms with Gasteiger partial charge in [-0.1, -0.05) is 6.07 Å². The van der Waals surface area contributed by atoms with E-state index < -0.39 is 24.5 Å². The third kappa shape index (κ3) is 4.43. The summed E-state index contributed by atoms with van der Waals surface area (Å²) in [6.45, 7) is 1.33. The first-order valence-corrected chi connectivity index (χ1v) is 13.7. The summed E-state index contributed by atoms with van der Waals surface area (Å²) >= 11 is 0. The SMILES string of the molecule is Nc1ncnc2c1ncn2[C@@H]1O[C@H](CNCC2CC(CCc3nc4ccc(C5CC5)cc4[nH]3)C2)[C@@H](O)[C@H]1O. The van der Waals surface area contributed by atoms with Crippen LogP contribution >= 0.6 is 0 Å². The van der Waals surface area contributed by atoms with E-state index in [0.29, 0.717) is 23.6 Å². The van der Waals surface area contributed by atoms with Crippen molar-refractivity contribution >= 4 is 28.0 Å². The van der Waals surface area contributed by atoms with E-state index in [2.05, 4.69) is 43.5 Å². The summed E-state index contributed by atoms with van der Waals surface area (Å²) in [4.78, 5) is 20.7. The fraction of sp³-hybridized carbons (Fsp3) is 0.556. The minimum absolute atomic E-state index is 0.263. The summed E-state index contributed by atoms with van der Waals surface area (Å²) in [5, 5.41) is 24.7. The maximum absolute atomic E-state index is 10.6. The number of nitrogen functional groups attached to an aromatic ring is 1. The predicted octanol–water partition coefficient (Wildman–Crippen LogP) is 2.03. The summed E-state index contributed by atoms with van der Waals surface area (Å²) in [5.74, 6) is 3.45. The Morgan fingerprint density at radius 3 is 2.79 bits per heavy atom. The van der Waals surface area contributed by atoms with Crippen LogP contribution in [0.5, 0.6) is 0 Å². The van der Waals surface area contributed by atoms with Gasteiger partial charge < -0.3 is 31.0 Å². The molecule has 3 aromatic heterocycles. The number of ether oxygens (including phenoxy) is 1. The predicted molar refractivity (Wildman–Crippen MR) is 141 cm³/mol. The van der Waals surface area contributed by atoms with E-state index >= 15 is 0 Å². The Hall–Kier alpha value is -3.12. The first-order chi connectivity index (χ1) is 18.5. The van der Waals surface area contributed by atoms with Crippen molar-refractivity contribution in [1.29, 1.82) is 0 Å². The number of fused-ring (bicyclic) bond motifs is 2. The van der Waals surface area contributed by atoms with Gasteiger partial charge in [0.25, 0.3) is 0 Å². The largest absolute Gasteiger partial charge is 0.387 e. The molecular weight excluding hydrogens is 484 g/mol. The van der Waals surface area contributed by atoms with Crippen molar-refractivity contribution in [3.8, 4) is 0 Å². The zero-order valence-corrected chi connectivity index (χ0v) is 21.2. The molecule has 0 radical (unpaired) electrons. The molecule has 1 saturated heterocycles. The molecule has 4 atom stereocenters. The molecule has 2 saturated carbocycles. The monoisotopic (exact) mass is 518 g/mol. The highest BCUT2D eigenvalue weighted by atomic mass is 16.6. The van der Waals surface area contributed by atoms with Gasteiger partial charge in [0.2, 0.25) is 0 Å². The summed E-state index contributed by atoms with van der Waals surface area (Å²) in [5.41, 5.74) is 10.5. The van der Waals surface area contributed by atoms with Crippen molar-refractivity contribution in [3.63, 3.8) is 0 Å². The van der Waals surface area contributed by atoms with Gasteiger partial charge >= 0.3 is 0 Å². The van der Waals surface area contributed by atoms with Gasteiger partial charge in [-0.2, -0.15) is 0 Å². The van der Waals surface area contributed by atoms with Crippen LogP contribution in [0.15, 0.2) is 30.9 Å². The van der Waals surface area contributed by atoms with Gasteiger partial charge in [0.05, 0.1) is 17.4 Å². The quantitative estimate of drug-likeness (QED) is 0.223. The van der Waals surface area contributed by atoms with E-state index in [-0.39, 0.29) is 5.82 Å². The first-order valence-electron chi connectivity index (χ1n) is 13.7. The number of H-pyrrole nitrogens is 1. The lowest BCUT2D eigenvalue weighted by molar-refractivity contribution is -0.0346. The average molecular weight is 519 g/mol. The van der Waals surface area contributed by atoms with Gasteiger partial charge in [0, 0.05) is 13.0 Å². The number of aryl methyl sites for hydroxylation is 1. The number of rotatable bonds is 9. The fourth-order valence-corrected chi connectivity index (χ4v) is 6.10. The molecule has 2 aliphatic carbocycles. The van der Waals surface area contributed by atoms with Crippen LogP contribution in [-0.2, 0) is 11.2 Å². The lowest BCUT2D eigenvalue weighted by Crippen LogP contribution is -2.41. The molecule has 38 heavy (non-hydrogen) atoms. The molecule has 3 fully saturated rings. The number of imidazole rings is 2. The Morgan fingerprint density at radius 1 is 1.08 bits per heavy atom. The molecule has 200 valence electrons. The van der Waals surface area contributed by atoms with Crippen LogP contribution < -0.4 is 11.1 Å². The lowest BCUT2D eigenvalue weighted by atomic mass is 9.72. The smallest absolute Gasteiger partial charge is 0.167 e. The van der Waals surface area contributed by atoms with Crippen molar-refractivity contribution in [2.75, 3.05) is 18.8 Å². The number of benzene rings is 1.